The standard InChI is InChI=1S/C14H24N4O3S.C2HF3O2/c1-22(19,20)16-7-14-10-17(8-12-2-4-21-5-3-12)9-13-6-15-11-18(13)14;3-2(4,5)1(6)7/h6,11-12,14,16H,2-5,7-10H2,1H3;(H,6,7). The molecule has 0 aromatic carbocycles. The molecule has 2 N–H and O–H groups in total. The summed E-state index contributed by atoms with van der Waals surface area (Å²) in [6.45, 7) is 4.90. The number of carbonyl (C=O) groups is 1. The molecule has 1 unspecified atom stereocenters. The summed E-state index contributed by atoms with van der Waals surface area (Å²) in [6, 6.07) is 0.0980. The van der Waals surface area contributed by atoms with E-state index in [1.165, 1.54) is 6.26 Å². The first-order valence-electron chi connectivity index (χ1n) is 9.01. The maximum Gasteiger partial charge on any atom is 0.490 e. The molecule has 13 heteroatoms. The lowest BCUT2D eigenvalue weighted by Gasteiger charge is -2.37. The van der Waals surface area contributed by atoms with E-state index in [1.807, 2.05) is 6.20 Å². The van der Waals surface area contributed by atoms with Crippen molar-refractivity contribution in [3.63, 3.8) is 0 Å². The van der Waals surface area contributed by atoms with Crippen LogP contribution >= 0.6 is 0 Å². The number of alkyl halides is 3. The van der Waals surface area contributed by atoms with Crippen LogP contribution in [0.5, 0.6) is 0 Å². The number of fused-ring (bicyclic) bond motifs is 1. The van der Waals surface area contributed by atoms with Gasteiger partial charge in [0.25, 0.3) is 0 Å². The minimum absolute atomic E-state index is 0.0980. The molecule has 3 heterocycles. The highest BCUT2D eigenvalue weighted by Gasteiger charge is 2.38. The minimum Gasteiger partial charge on any atom is -0.475 e. The van der Waals surface area contributed by atoms with Crippen molar-refractivity contribution in [2.75, 3.05) is 39.1 Å². The molecule has 1 fully saturated rings. The number of nitrogens with one attached hydrogen (secondary N) is 1. The van der Waals surface area contributed by atoms with Gasteiger partial charge < -0.3 is 14.4 Å². The minimum atomic E-state index is -5.08. The zero-order chi connectivity index (χ0) is 21.7. The predicted molar refractivity (Wildman–Crippen MR) is 96.6 cm³/mol. The van der Waals surface area contributed by atoms with Crippen molar-refractivity contribution in [3.8, 4) is 0 Å². The van der Waals surface area contributed by atoms with Gasteiger partial charge in [-0.3, -0.25) is 4.90 Å². The fourth-order valence-electron chi connectivity index (χ4n) is 3.31. The van der Waals surface area contributed by atoms with Gasteiger partial charge in [0.15, 0.2) is 0 Å². The number of imidazole rings is 1. The van der Waals surface area contributed by atoms with Gasteiger partial charge in [0, 0.05) is 45.6 Å². The summed E-state index contributed by atoms with van der Waals surface area (Å²) in [7, 11) is -3.17. The molecule has 0 saturated carbocycles. The largest absolute Gasteiger partial charge is 0.490 e. The van der Waals surface area contributed by atoms with Gasteiger partial charge in [0.05, 0.1) is 24.3 Å². The van der Waals surface area contributed by atoms with Gasteiger partial charge >= 0.3 is 12.1 Å². The van der Waals surface area contributed by atoms with Crippen LogP contribution in [-0.4, -0.2) is 79.2 Å². The first kappa shape index (κ1) is 23.6. The topological polar surface area (TPSA) is 114 Å². The Morgan fingerprint density at radius 1 is 1.38 bits per heavy atom. The van der Waals surface area contributed by atoms with Crippen LogP contribution in [0.15, 0.2) is 12.5 Å². The number of carboxylic acids is 1. The highest BCUT2D eigenvalue weighted by atomic mass is 32.2. The summed E-state index contributed by atoms with van der Waals surface area (Å²) >= 11 is 0. The molecule has 1 aromatic heterocycles. The number of rotatable bonds is 5. The molecule has 2 aliphatic rings. The van der Waals surface area contributed by atoms with E-state index in [0.29, 0.717) is 12.5 Å². The summed E-state index contributed by atoms with van der Waals surface area (Å²) < 4.78 is 64.6. The van der Waals surface area contributed by atoms with E-state index < -0.39 is 22.2 Å². The Balaban J connectivity index is 0.000000370. The molecule has 1 aromatic rings. The van der Waals surface area contributed by atoms with Crippen LogP contribution in [0.2, 0.25) is 0 Å². The number of halogens is 3. The molecule has 2 aliphatic heterocycles. The van der Waals surface area contributed by atoms with Crippen molar-refractivity contribution in [1.29, 1.82) is 0 Å². The SMILES string of the molecule is CS(=O)(=O)NCC1CN(CC2CCOCC2)Cc2cncn21.O=C(O)C(F)(F)F. The van der Waals surface area contributed by atoms with Crippen LogP contribution in [-0.2, 0) is 26.1 Å². The molecule has 0 amide bonds. The lowest BCUT2D eigenvalue weighted by molar-refractivity contribution is -0.192. The summed E-state index contributed by atoms with van der Waals surface area (Å²) in [5.41, 5.74) is 1.15. The quantitative estimate of drug-likeness (QED) is 0.695. The van der Waals surface area contributed by atoms with Gasteiger partial charge in [-0.05, 0) is 18.8 Å². The average Bonchev–Trinajstić information content (AvgIpc) is 3.08. The van der Waals surface area contributed by atoms with Crippen LogP contribution in [0.3, 0.4) is 0 Å². The Bertz CT molecular complexity index is 778. The first-order chi connectivity index (χ1) is 13.5. The summed E-state index contributed by atoms with van der Waals surface area (Å²) in [5, 5.41) is 7.12. The van der Waals surface area contributed by atoms with Crippen molar-refractivity contribution in [1.82, 2.24) is 19.2 Å². The third-order valence-electron chi connectivity index (χ3n) is 4.68. The fraction of sp³-hybridized carbons (Fsp3) is 0.750. The first-order valence-corrected chi connectivity index (χ1v) is 10.9. The van der Waals surface area contributed by atoms with Crippen molar-refractivity contribution in [2.45, 2.75) is 31.6 Å². The van der Waals surface area contributed by atoms with E-state index >= 15 is 0 Å². The number of nitrogens with zero attached hydrogens (tertiary/aromatic N) is 3. The molecule has 3 rings (SSSR count). The molecule has 0 bridgehead atoms. The van der Waals surface area contributed by atoms with Gasteiger partial charge in [-0.2, -0.15) is 13.2 Å². The monoisotopic (exact) mass is 442 g/mol. The Kier molecular flexibility index (Phi) is 8.02. The molecule has 166 valence electrons. The van der Waals surface area contributed by atoms with Crippen molar-refractivity contribution in [3.05, 3.63) is 18.2 Å². The van der Waals surface area contributed by atoms with E-state index in [2.05, 4.69) is 19.2 Å². The fourth-order valence-corrected chi connectivity index (χ4v) is 3.80. The highest BCUT2D eigenvalue weighted by Crippen LogP contribution is 2.24. The Labute approximate surface area is 166 Å². The number of aromatic nitrogens is 2. The smallest absolute Gasteiger partial charge is 0.475 e. The average molecular weight is 442 g/mol. The van der Waals surface area contributed by atoms with Crippen LogP contribution in [0.25, 0.3) is 0 Å². The van der Waals surface area contributed by atoms with Crippen LogP contribution in [0, 0.1) is 5.92 Å². The molecular weight excluding hydrogens is 417 g/mol. The van der Waals surface area contributed by atoms with E-state index in [1.54, 1.807) is 6.33 Å². The van der Waals surface area contributed by atoms with Crippen molar-refractivity contribution in [2.24, 2.45) is 5.92 Å². The maximum absolute atomic E-state index is 11.4. The number of ether oxygens (including phenoxy) is 1. The Morgan fingerprint density at radius 2 is 2.00 bits per heavy atom. The molecule has 0 spiro atoms. The molecule has 0 aliphatic carbocycles. The van der Waals surface area contributed by atoms with Gasteiger partial charge in [0.1, 0.15) is 0 Å². The van der Waals surface area contributed by atoms with Gasteiger partial charge in [-0.15, -0.1) is 0 Å². The van der Waals surface area contributed by atoms with E-state index in [4.69, 9.17) is 14.6 Å². The van der Waals surface area contributed by atoms with Gasteiger partial charge in [0.2, 0.25) is 10.0 Å². The van der Waals surface area contributed by atoms with Crippen LogP contribution in [0.4, 0.5) is 13.2 Å². The van der Waals surface area contributed by atoms with E-state index in [-0.39, 0.29) is 6.04 Å². The van der Waals surface area contributed by atoms with E-state index in [0.717, 1.165) is 51.4 Å². The van der Waals surface area contributed by atoms with Crippen LogP contribution < -0.4 is 4.72 Å². The number of hydrogen-bond acceptors (Lipinski definition) is 6. The van der Waals surface area contributed by atoms with Crippen molar-refractivity contribution >= 4 is 16.0 Å². The number of hydrogen-bond donors (Lipinski definition) is 2. The Hall–Kier alpha value is -1.70. The van der Waals surface area contributed by atoms with Gasteiger partial charge in [-0.1, -0.05) is 0 Å². The molecular formula is C16H25F3N4O5S. The second kappa shape index (κ2) is 9.87. The summed E-state index contributed by atoms with van der Waals surface area (Å²) in [5.74, 6) is -2.08. The summed E-state index contributed by atoms with van der Waals surface area (Å²) in [6.07, 6.45) is 2.02. The normalized spacial score (nSPS) is 21.2. The van der Waals surface area contributed by atoms with Crippen LogP contribution in [0.1, 0.15) is 24.6 Å². The second-order valence-corrected chi connectivity index (χ2v) is 8.95. The third-order valence-corrected chi connectivity index (χ3v) is 5.37. The second-order valence-electron chi connectivity index (χ2n) is 7.12. The highest BCUT2D eigenvalue weighted by molar-refractivity contribution is 7.88. The maximum atomic E-state index is 11.4. The number of sulfonamides is 1. The zero-order valence-corrected chi connectivity index (χ0v) is 16.7. The number of aliphatic carboxylic acids is 1. The Morgan fingerprint density at radius 3 is 2.55 bits per heavy atom. The molecule has 9 nitrogen and oxygen atoms in total. The molecule has 29 heavy (non-hydrogen) atoms. The van der Waals surface area contributed by atoms with Gasteiger partial charge in [-0.25, -0.2) is 22.9 Å². The number of carboxylic acid groups (broad SMARTS) is 1. The third kappa shape index (κ3) is 7.91. The molecule has 1 saturated heterocycles. The predicted octanol–water partition coefficient (Wildman–Crippen LogP) is 0.849. The lowest BCUT2D eigenvalue weighted by Crippen LogP contribution is -2.44. The molecule has 1 atom stereocenters. The molecule has 0 radical (unpaired) electrons. The zero-order valence-electron chi connectivity index (χ0n) is 15.9. The van der Waals surface area contributed by atoms with Crippen molar-refractivity contribution < 1.29 is 36.2 Å². The van der Waals surface area contributed by atoms with E-state index in [9.17, 15) is 21.6 Å². The summed E-state index contributed by atoms with van der Waals surface area (Å²) in [4.78, 5) is 15.5. The lowest BCUT2D eigenvalue weighted by atomic mass is 9.99.